The number of benzene rings is 1. The van der Waals surface area contributed by atoms with E-state index >= 15 is 0 Å². The highest BCUT2D eigenvalue weighted by Crippen LogP contribution is 2.38. The van der Waals surface area contributed by atoms with E-state index in [4.69, 9.17) is 10.5 Å². The first kappa shape index (κ1) is 14.4. The lowest BCUT2D eigenvalue weighted by atomic mass is 9.88. The molecule has 2 N–H and O–H groups in total. The molecule has 1 aromatic carbocycles. The van der Waals surface area contributed by atoms with Gasteiger partial charge in [0.2, 0.25) is 5.91 Å². The van der Waals surface area contributed by atoms with Crippen molar-refractivity contribution in [3.8, 4) is 0 Å². The molecular weight excluding hydrogens is 264 g/mol. The molecule has 0 spiro atoms. The number of hydrogen-bond acceptors (Lipinski definition) is 3. The molecule has 1 amide bonds. The zero-order valence-electron chi connectivity index (χ0n) is 13.2. The van der Waals surface area contributed by atoms with Crippen LogP contribution in [0.1, 0.15) is 31.9 Å². The van der Waals surface area contributed by atoms with Crippen molar-refractivity contribution in [2.45, 2.75) is 46.3 Å². The Kier molecular flexibility index (Phi) is 3.44. The Balaban J connectivity index is 1.90. The zero-order valence-corrected chi connectivity index (χ0v) is 13.2. The SMILES string of the molecule is Cc1cc2c(cc1N)N(C(=O)C1C(C)OC(C)C1C)CC2. The van der Waals surface area contributed by atoms with Crippen molar-refractivity contribution < 1.29 is 9.53 Å². The highest BCUT2D eigenvalue weighted by molar-refractivity contribution is 5.98. The van der Waals surface area contributed by atoms with Gasteiger partial charge in [-0.2, -0.15) is 0 Å². The van der Waals surface area contributed by atoms with Gasteiger partial charge < -0.3 is 15.4 Å². The van der Waals surface area contributed by atoms with Gasteiger partial charge in [-0.1, -0.05) is 13.0 Å². The second-order valence-electron chi connectivity index (χ2n) is 6.51. The molecule has 0 aromatic heterocycles. The number of carbonyl (C=O) groups excluding carboxylic acids is 1. The second kappa shape index (κ2) is 5.02. The molecule has 4 atom stereocenters. The van der Waals surface area contributed by atoms with Gasteiger partial charge in [-0.25, -0.2) is 0 Å². The first-order chi connectivity index (χ1) is 9.90. The van der Waals surface area contributed by atoms with Crippen LogP contribution in [-0.4, -0.2) is 24.7 Å². The topological polar surface area (TPSA) is 55.6 Å². The summed E-state index contributed by atoms with van der Waals surface area (Å²) in [6.45, 7) is 8.92. The first-order valence-electron chi connectivity index (χ1n) is 7.76. The van der Waals surface area contributed by atoms with E-state index in [0.717, 1.165) is 29.9 Å². The maximum Gasteiger partial charge on any atom is 0.233 e. The van der Waals surface area contributed by atoms with Gasteiger partial charge in [-0.15, -0.1) is 0 Å². The molecule has 2 aliphatic rings. The lowest BCUT2D eigenvalue weighted by molar-refractivity contribution is -0.124. The molecule has 21 heavy (non-hydrogen) atoms. The van der Waals surface area contributed by atoms with Crippen LogP contribution in [0.4, 0.5) is 11.4 Å². The summed E-state index contributed by atoms with van der Waals surface area (Å²) in [4.78, 5) is 14.9. The minimum absolute atomic E-state index is 0.0191. The fourth-order valence-corrected chi connectivity index (χ4v) is 3.68. The van der Waals surface area contributed by atoms with Crippen LogP contribution in [0.2, 0.25) is 0 Å². The molecule has 114 valence electrons. The van der Waals surface area contributed by atoms with Crippen LogP contribution in [0.25, 0.3) is 0 Å². The van der Waals surface area contributed by atoms with Crippen LogP contribution in [0.5, 0.6) is 0 Å². The van der Waals surface area contributed by atoms with E-state index in [1.807, 2.05) is 31.7 Å². The molecule has 0 saturated carbocycles. The van der Waals surface area contributed by atoms with E-state index in [1.165, 1.54) is 5.56 Å². The summed E-state index contributed by atoms with van der Waals surface area (Å²) in [5, 5.41) is 0. The van der Waals surface area contributed by atoms with Crippen molar-refractivity contribution in [2.75, 3.05) is 17.2 Å². The van der Waals surface area contributed by atoms with Gasteiger partial charge in [0.15, 0.2) is 0 Å². The standard InChI is InChI=1S/C17H24N2O2/c1-9-7-13-5-6-19(15(13)8-14(9)18)17(20)16-10(2)11(3)21-12(16)4/h7-8,10-12,16H,5-6,18H2,1-4H3. The van der Waals surface area contributed by atoms with Gasteiger partial charge >= 0.3 is 0 Å². The van der Waals surface area contributed by atoms with Gasteiger partial charge in [-0.05, 0) is 50.3 Å². The number of amides is 1. The minimum Gasteiger partial charge on any atom is -0.398 e. The summed E-state index contributed by atoms with van der Waals surface area (Å²) in [6, 6.07) is 4.06. The predicted octanol–water partition coefficient (Wildman–Crippen LogP) is 2.53. The number of fused-ring (bicyclic) bond motifs is 1. The van der Waals surface area contributed by atoms with Crippen LogP contribution < -0.4 is 10.6 Å². The van der Waals surface area contributed by atoms with E-state index in [1.54, 1.807) is 0 Å². The van der Waals surface area contributed by atoms with Crippen LogP contribution in [-0.2, 0) is 16.0 Å². The maximum atomic E-state index is 13.0. The molecule has 4 heteroatoms. The minimum atomic E-state index is -0.0616. The van der Waals surface area contributed by atoms with Crippen molar-refractivity contribution >= 4 is 17.3 Å². The van der Waals surface area contributed by atoms with Gasteiger partial charge in [0.25, 0.3) is 0 Å². The molecule has 2 aliphatic heterocycles. The number of ether oxygens (including phenoxy) is 1. The van der Waals surface area contributed by atoms with Crippen LogP contribution >= 0.6 is 0 Å². The number of nitrogens with two attached hydrogens (primary N) is 1. The predicted molar refractivity (Wildman–Crippen MR) is 84.3 cm³/mol. The molecule has 4 unspecified atom stereocenters. The number of hydrogen-bond donors (Lipinski definition) is 1. The summed E-state index contributed by atoms with van der Waals surface area (Å²) in [5.74, 6) is 0.370. The fourth-order valence-electron chi connectivity index (χ4n) is 3.68. The summed E-state index contributed by atoms with van der Waals surface area (Å²) >= 11 is 0. The van der Waals surface area contributed by atoms with Gasteiger partial charge in [0, 0.05) is 17.9 Å². The lowest BCUT2D eigenvalue weighted by Crippen LogP contribution is -2.40. The van der Waals surface area contributed by atoms with Crippen molar-refractivity contribution in [1.82, 2.24) is 0 Å². The van der Waals surface area contributed by atoms with Crippen molar-refractivity contribution in [2.24, 2.45) is 11.8 Å². The largest absolute Gasteiger partial charge is 0.398 e. The number of rotatable bonds is 1. The normalized spacial score (nSPS) is 31.5. The van der Waals surface area contributed by atoms with Crippen molar-refractivity contribution in [3.05, 3.63) is 23.3 Å². The summed E-state index contributed by atoms with van der Waals surface area (Å²) in [7, 11) is 0. The molecule has 1 aromatic rings. The summed E-state index contributed by atoms with van der Waals surface area (Å²) in [6.07, 6.45) is 1.03. The van der Waals surface area contributed by atoms with E-state index in [9.17, 15) is 4.79 Å². The third kappa shape index (κ3) is 2.22. The summed E-state index contributed by atoms with van der Waals surface area (Å²) in [5.41, 5.74) is 10.1. The van der Waals surface area contributed by atoms with E-state index in [2.05, 4.69) is 13.0 Å². The molecule has 0 aliphatic carbocycles. The lowest BCUT2D eigenvalue weighted by Gasteiger charge is -2.25. The van der Waals surface area contributed by atoms with E-state index in [0.29, 0.717) is 0 Å². The number of anilines is 2. The Morgan fingerprint density at radius 3 is 2.62 bits per heavy atom. The Labute approximate surface area is 126 Å². The van der Waals surface area contributed by atoms with E-state index < -0.39 is 0 Å². The number of aryl methyl sites for hydroxylation is 1. The highest BCUT2D eigenvalue weighted by Gasteiger charge is 2.44. The molecule has 4 nitrogen and oxygen atoms in total. The molecular formula is C17H24N2O2. The third-order valence-electron chi connectivity index (χ3n) is 5.16. The molecule has 3 rings (SSSR count). The quantitative estimate of drug-likeness (QED) is 0.808. The Bertz CT molecular complexity index is 584. The molecule has 1 saturated heterocycles. The first-order valence-corrected chi connectivity index (χ1v) is 7.76. The fraction of sp³-hybridized carbons (Fsp3) is 0.588. The molecule has 2 heterocycles. The Morgan fingerprint density at radius 1 is 1.29 bits per heavy atom. The van der Waals surface area contributed by atoms with Gasteiger partial charge in [0.1, 0.15) is 0 Å². The van der Waals surface area contributed by atoms with E-state index in [-0.39, 0.29) is 30.0 Å². The van der Waals surface area contributed by atoms with Crippen LogP contribution in [0, 0.1) is 18.8 Å². The third-order valence-corrected chi connectivity index (χ3v) is 5.16. The Morgan fingerprint density at radius 2 is 2.00 bits per heavy atom. The maximum absolute atomic E-state index is 13.0. The average Bonchev–Trinajstić information content (AvgIpc) is 2.92. The molecule has 0 bridgehead atoms. The van der Waals surface area contributed by atoms with Crippen molar-refractivity contribution in [3.63, 3.8) is 0 Å². The second-order valence-corrected chi connectivity index (χ2v) is 6.51. The molecule has 1 fully saturated rings. The monoisotopic (exact) mass is 288 g/mol. The molecule has 0 radical (unpaired) electrons. The van der Waals surface area contributed by atoms with Crippen LogP contribution in [0.3, 0.4) is 0 Å². The summed E-state index contributed by atoms with van der Waals surface area (Å²) < 4.78 is 5.83. The number of nitrogens with zero attached hydrogens (tertiary/aromatic N) is 1. The average molecular weight is 288 g/mol. The highest BCUT2D eigenvalue weighted by atomic mass is 16.5. The van der Waals surface area contributed by atoms with Crippen LogP contribution in [0.15, 0.2) is 12.1 Å². The van der Waals surface area contributed by atoms with Crippen molar-refractivity contribution in [1.29, 1.82) is 0 Å². The number of carbonyl (C=O) groups is 1. The smallest absolute Gasteiger partial charge is 0.233 e. The van der Waals surface area contributed by atoms with Gasteiger partial charge in [0.05, 0.1) is 18.1 Å². The Hall–Kier alpha value is -1.55. The van der Waals surface area contributed by atoms with Gasteiger partial charge in [-0.3, -0.25) is 4.79 Å². The number of nitrogen functional groups attached to an aromatic ring is 1. The zero-order chi connectivity index (χ0) is 15.3.